The van der Waals surface area contributed by atoms with E-state index in [1.165, 1.54) is 12.8 Å². The number of morpholine rings is 1. The average molecular weight is 278 g/mol. The Morgan fingerprint density at radius 3 is 3.20 bits per heavy atom. The van der Waals surface area contributed by atoms with E-state index in [1.807, 2.05) is 10.7 Å². The minimum Gasteiger partial charge on any atom is -0.378 e. The van der Waals surface area contributed by atoms with Gasteiger partial charge in [-0.05, 0) is 25.7 Å². The van der Waals surface area contributed by atoms with Gasteiger partial charge in [0.2, 0.25) is 5.91 Å². The maximum absolute atomic E-state index is 12.1. The Bertz CT molecular complexity index is 463. The largest absolute Gasteiger partial charge is 0.378 e. The highest BCUT2D eigenvalue weighted by Crippen LogP contribution is 2.40. The number of aromatic nitrogens is 2. The Balaban J connectivity index is 1.56. The number of hydrogen-bond donors (Lipinski definition) is 2. The van der Waals surface area contributed by atoms with Crippen LogP contribution in [0.4, 0.5) is 5.82 Å². The quantitative estimate of drug-likeness (QED) is 0.848. The van der Waals surface area contributed by atoms with Crippen LogP contribution in [0.3, 0.4) is 0 Å². The van der Waals surface area contributed by atoms with E-state index >= 15 is 0 Å². The van der Waals surface area contributed by atoms with Crippen LogP contribution in [0.1, 0.15) is 32.2 Å². The zero-order chi connectivity index (χ0) is 13.9. The first-order valence-electron chi connectivity index (χ1n) is 7.38. The zero-order valence-electron chi connectivity index (χ0n) is 11.8. The molecule has 0 bridgehead atoms. The van der Waals surface area contributed by atoms with Gasteiger partial charge in [-0.25, -0.2) is 4.68 Å². The van der Waals surface area contributed by atoms with Gasteiger partial charge in [0.1, 0.15) is 5.82 Å². The molecule has 2 N–H and O–H groups in total. The predicted octanol–water partition coefficient (Wildman–Crippen LogP) is 1.17. The van der Waals surface area contributed by atoms with Crippen LogP contribution in [0.5, 0.6) is 0 Å². The van der Waals surface area contributed by atoms with E-state index < -0.39 is 0 Å². The van der Waals surface area contributed by atoms with Crippen LogP contribution in [0, 0.1) is 5.92 Å². The Morgan fingerprint density at radius 1 is 1.65 bits per heavy atom. The van der Waals surface area contributed by atoms with Crippen molar-refractivity contribution in [3.8, 4) is 0 Å². The summed E-state index contributed by atoms with van der Waals surface area (Å²) in [7, 11) is 0. The number of carbonyl (C=O) groups excluding carboxylic acids is 1. The van der Waals surface area contributed by atoms with Crippen LogP contribution >= 0.6 is 0 Å². The molecule has 1 saturated carbocycles. The zero-order valence-corrected chi connectivity index (χ0v) is 11.8. The van der Waals surface area contributed by atoms with Crippen LogP contribution in [0.25, 0.3) is 0 Å². The standard InChI is InChI=1S/C14H22N4O2/c1-10(11-2-3-11)18-13(4-5-16-18)17-14(19)8-12-9-20-7-6-15-12/h4-5,10-12,15H,2-3,6-9H2,1H3,(H,17,19). The molecule has 1 saturated heterocycles. The van der Waals surface area contributed by atoms with Gasteiger partial charge >= 0.3 is 0 Å². The molecule has 0 radical (unpaired) electrons. The Kier molecular flexibility index (Phi) is 4.03. The first-order chi connectivity index (χ1) is 9.74. The SMILES string of the molecule is CC(C1CC1)n1nccc1NC(=O)CC1COCCN1. The number of nitrogens with one attached hydrogen (secondary N) is 2. The van der Waals surface area contributed by atoms with E-state index in [0.717, 1.165) is 19.0 Å². The molecule has 1 aromatic rings. The second kappa shape index (κ2) is 5.93. The van der Waals surface area contributed by atoms with Crippen molar-refractivity contribution in [2.45, 2.75) is 38.3 Å². The minimum atomic E-state index is 0.0118. The van der Waals surface area contributed by atoms with E-state index in [2.05, 4.69) is 22.7 Å². The molecular formula is C14H22N4O2. The number of carbonyl (C=O) groups is 1. The third kappa shape index (κ3) is 3.19. The molecule has 0 spiro atoms. The molecule has 110 valence electrons. The van der Waals surface area contributed by atoms with Gasteiger partial charge in [0.15, 0.2) is 0 Å². The molecule has 1 aromatic heterocycles. The molecule has 2 unspecified atom stereocenters. The number of anilines is 1. The van der Waals surface area contributed by atoms with E-state index in [4.69, 9.17) is 4.74 Å². The summed E-state index contributed by atoms with van der Waals surface area (Å²) in [6.45, 7) is 4.31. The van der Waals surface area contributed by atoms with Crippen molar-refractivity contribution in [2.24, 2.45) is 5.92 Å². The summed E-state index contributed by atoms with van der Waals surface area (Å²) in [5.74, 6) is 1.52. The first kappa shape index (κ1) is 13.6. The van der Waals surface area contributed by atoms with Crippen molar-refractivity contribution in [3.63, 3.8) is 0 Å². The lowest BCUT2D eigenvalue weighted by atomic mass is 10.2. The fourth-order valence-electron chi connectivity index (χ4n) is 2.68. The van der Waals surface area contributed by atoms with Crippen LogP contribution in [-0.2, 0) is 9.53 Å². The summed E-state index contributed by atoms with van der Waals surface area (Å²) in [6.07, 6.45) is 4.70. The molecule has 2 aliphatic rings. The maximum Gasteiger partial charge on any atom is 0.227 e. The maximum atomic E-state index is 12.1. The summed E-state index contributed by atoms with van der Waals surface area (Å²) in [5.41, 5.74) is 0. The van der Waals surface area contributed by atoms with Gasteiger partial charge in [-0.15, -0.1) is 0 Å². The first-order valence-corrected chi connectivity index (χ1v) is 7.38. The van der Waals surface area contributed by atoms with E-state index in [1.54, 1.807) is 6.20 Å². The molecular weight excluding hydrogens is 256 g/mol. The Labute approximate surface area is 118 Å². The second-order valence-corrected chi connectivity index (χ2v) is 5.72. The van der Waals surface area contributed by atoms with E-state index in [0.29, 0.717) is 25.0 Å². The molecule has 0 aromatic carbocycles. The summed E-state index contributed by atoms with van der Waals surface area (Å²) < 4.78 is 7.29. The summed E-state index contributed by atoms with van der Waals surface area (Å²) in [4.78, 5) is 12.1. The summed E-state index contributed by atoms with van der Waals surface area (Å²) in [5, 5.41) is 10.6. The van der Waals surface area contributed by atoms with E-state index in [-0.39, 0.29) is 11.9 Å². The predicted molar refractivity (Wildman–Crippen MR) is 75.5 cm³/mol. The van der Waals surface area contributed by atoms with Crippen LogP contribution < -0.4 is 10.6 Å². The second-order valence-electron chi connectivity index (χ2n) is 5.72. The fourth-order valence-corrected chi connectivity index (χ4v) is 2.68. The lowest BCUT2D eigenvalue weighted by Gasteiger charge is -2.23. The van der Waals surface area contributed by atoms with Crippen molar-refractivity contribution in [1.29, 1.82) is 0 Å². The smallest absolute Gasteiger partial charge is 0.227 e. The molecule has 1 amide bonds. The number of amides is 1. The highest BCUT2D eigenvalue weighted by molar-refractivity contribution is 5.90. The molecule has 2 atom stereocenters. The number of nitrogens with zero attached hydrogens (tertiary/aromatic N) is 2. The van der Waals surface area contributed by atoms with Gasteiger partial charge < -0.3 is 15.4 Å². The van der Waals surface area contributed by atoms with Gasteiger partial charge in [-0.3, -0.25) is 4.79 Å². The van der Waals surface area contributed by atoms with Gasteiger partial charge in [0, 0.05) is 25.1 Å². The number of hydrogen-bond acceptors (Lipinski definition) is 4. The summed E-state index contributed by atoms with van der Waals surface area (Å²) in [6, 6.07) is 2.33. The number of ether oxygens (including phenoxy) is 1. The Hall–Kier alpha value is -1.40. The fraction of sp³-hybridized carbons (Fsp3) is 0.714. The topological polar surface area (TPSA) is 68.2 Å². The van der Waals surface area contributed by atoms with Crippen molar-refractivity contribution >= 4 is 11.7 Å². The van der Waals surface area contributed by atoms with Gasteiger partial charge in [-0.1, -0.05) is 0 Å². The molecule has 2 heterocycles. The molecule has 2 fully saturated rings. The molecule has 1 aliphatic heterocycles. The third-order valence-electron chi connectivity index (χ3n) is 4.06. The van der Waals surface area contributed by atoms with Crippen molar-refractivity contribution < 1.29 is 9.53 Å². The molecule has 6 nitrogen and oxygen atoms in total. The van der Waals surface area contributed by atoms with Gasteiger partial charge in [0.05, 0.1) is 25.5 Å². The van der Waals surface area contributed by atoms with Crippen molar-refractivity contribution in [3.05, 3.63) is 12.3 Å². The van der Waals surface area contributed by atoms with E-state index in [9.17, 15) is 4.79 Å². The Morgan fingerprint density at radius 2 is 2.50 bits per heavy atom. The monoisotopic (exact) mass is 278 g/mol. The average Bonchev–Trinajstić information content (AvgIpc) is 3.20. The third-order valence-corrected chi connectivity index (χ3v) is 4.06. The molecule has 1 aliphatic carbocycles. The lowest BCUT2D eigenvalue weighted by molar-refractivity contribution is -0.117. The number of rotatable bonds is 5. The lowest BCUT2D eigenvalue weighted by Crippen LogP contribution is -2.43. The summed E-state index contributed by atoms with van der Waals surface area (Å²) >= 11 is 0. The highest BCUT2D eigenvalue weighted by atomic mass is 16.5. The molecule has 20 heavy (non-hydrogen) atoms. The van der Waals surface area contributed by atoms with Crippen LogP contribution in [0.15, 0.2) is 12.3 Å². The minimum absolute atomic E-state index is 0.0118. The van der Waals surface area contributed by atoms with Crippen LogP contribution in [0.2, 0.25) is 0 Å². The highest BCUT2D eigenvalue weighted by Gasteiger charge is 2.30. The van der Waals surface area contributed by atoms with Gasteiger partial charge in [-0.2, -0.15) is 5.10 Å². The molecule has 3 rings (SSSR count). The van der Waals surface area contributed by atoms with Crippen LogP contribution in [-0.4, -0.2) is 41.5 Å². The van der Waals surface area contributed by atoms with Crippen molar-refractivity contribution in [2.75, 3.05) is 25.1 Å². The normalized spacial score (nSPS) is 24.4. The molecule has 6 heteroatoms. The van der Waals surface area contributed by atoms with Crippen molar-refractivity contribution in [1.82, 2.24) is 15.1 Å². The van der Waals surface area contributed by atoms with Gasteiger partial charge in [0.25, 0.3) is 0 Å².